The molecule has 1 amide bonds. The van der Waals surface area contributed by atoms with Gasteiger partial charge in [-0.3, -0.25) is 4.79 Å². The van der Waals surface area contributed by atoms with Gasteiger partial charge in [-0.05, 0) is 36.2 Å². The molecule has 0 spiro atoms. The van der Waals surface area contributed by atoms with Crippen LogP contribution in [0.2, 0.25) is 0 Å². The molecule has 0 unspecified atom stereocenters. The minimum Gasteiger partial charge on any atom is -0.493 e. The molecule has 0 saturated carbocycles. The van der Waals surface area contributed by atoms with Crippen molar-refractivity contribution in [3.8, 4) is 17.2 Å². The van der Waals surface area contributed by atoms with Gasteiger partial charge in [0.25, 0.3) is 0 Å². The molecule has 1 aliphatic heterocycles. The lowest BCUT2D eigenvalue weighted by Gasteiger charge is -2.36. The summed E-state index contributed by atoms with van der Waals surface area (Å²) in [4.78, 5) is 14.0. The van der Waals surface area contributed by atoms with Crippen LogP contribution >= 0.6 is 0 Å². The van der Waals surface area contributed by atoms with Gasteiger partial charge in [0.05, 0.1) is 20.8 Å². The Kier molecular flexibility index (Phi) is 7.10. The van der Waals surface area contributed by atoms with Crippen LogP contribution in [0.4, 0.5) is 8.78 Å². The Morgan fingerprint density at radius 1 is 1.10 bits per heavy atom. The second-order valence-corrected chi connectivity index (χ2v) is 7.12. The first-order valence-corrected chi connectivity index (χ1v) is 9.69. The number of β-amino-alcohol motifs (C(OH)–C–C–N with tert-alkyl or cyclic N) is 1. The van der Waals surface area contributed by atoms with Gasteiger partial charge in [0.15, 0.2) is 23.1 Å². The lowest BCUT2D eigenvalue weighted by molar-refractivity contribution is -0.137. The van der Waals surface area contributed by atoms with E-state index < -0.39 is 23.8 Å². The highest BCUT2D eigenvalue weighted by molar-refractivity contribution is 5.76. The number of benzene rings is 2. The van der Waals surface area contributed by atoms with Crippen LogP contribution in [0.1, 0.15) is 18.4 Å². The fraction of sp³-hybridized carbons (Fsp3) is 0.409. The van der Waals surface area contributed by atoms with Gasteiger partial charge in [-0.2, -0.15) is 0 Å². The van der Waals surface area contributed by atoms with Gasteiger partial charge in [0.1, 0.15) is 18.0 Å². The molecule has 8 heteroatoms. The zero-order valence-corrected chi connectivity index (χ0v) is 16.9. The van der Waals surface area contributed by atoms with Crippen molar-refractivity contribution < 1.29 is 32.9 Å². The molecule has 162 valence electrons. The van der Waals surface area contributed by atoms with Crippen LogP contribution in [0.5, 0.6) is 17.2 Å². The van der Waals surface area contributed by atoms with E-state index in [4.69, 9.17) is 14.2 Å². The number of hydrogen-bond donors (Lipinski definition) is 1. The molecule has 0 aliphatic carbocycles. The average Bonchev–Trinajstić information content (AvgIpc) is 2.75. The molecule has 1 N–H and O–H groups in total. The lowest BCUT2D eigenvalue weighted by atomic mass is 10.0. The third-order valence-corrected chi connectivity index (χ3v) is 5.13. The summed E-state index contributed by atoms with van der Waals surface area (Å²) in [6, 6.07) is 8.75. The second-order valence-electron chi connectivity index (χ2n) is 7.12. The average molecular weight is 421 g/mol. The topological polar surface area (TPSA) is 68.2 Å². The maximum Gasteiger partial charge on any atom is 0.222 e. The van der Waals surface area contributed by atoms with E-state index in [1.165, 1.54) is 13.2 Å². The Labute approximate surface area is 174 Å². The molecule has 0 radical (unpaired) electrons. The number of likely N-dealkylation sites (tertiary alicyclic amines) is 1. The number of rotatable bonds is 7. The van der Waals surface area contributed by atoms with E-state index in [-0.39, 0.29) is 18.9 Å². The molecule has 1 saturated heterocycles. The highest BCUT2D eigenvalue weighted by atomic mass is 19.2. The van der Waals surface area contributed by atoms with E-state index in [1.54, 1.807) is 30.2 Å². The first kappa shape index (κ1) is 21.8. The third kappa shape index (κ3) is 5.18. The molecule has 3 rings (SSSR count). The van der Waals surface area contributed by atoms with Gasteiger partial charge in [-0.1, -0.05) is 6.07 Å². The maximum atomic E-state index is 13.3. The number of piperidine rings is 1. The summed E-state index contributed by atoms with van der Waals surface area (Å²) in [5, 5.41) is 10.5. The molecule has 1 fully saturated rings. The molecule has 2 aromatic rings. The first-order valence-electron chi connectivity index (χ1n) is 9.69. The fourth-order valence-corrected chi connectivity index (χ4v) is 3.44. The van der Waals surface area contributed by atoms with Crippen LogP contribution in [-0.4, -0.2) is 55.4 Å². The van der Waals surface area contributed by atoms with E-state index in [0.717, 1.165) is 12.1 Å². The monoisotopic (exact) mass is 421 g/mol. The largest absolute Gasteiger partial charge is 0.493 e. The number of ether oxygens (including phenoxy) is 3. The van der Waals surface area contributed by atoms with E-state index in [9.17, 15) is 18.7 Å². The maximum absolute atomic E-state index is 13.3. The van der Waals surface area contributed by atoms with Gasteiger partial charge in [-0.25, -0.2) is 8.78 Å². The smallest absolute Gasteiger partial charge is 0.222 e. The van der Waals surface area contributed by atoms with Crippen molar-refractivity contribution in [2.75, 3.05) is 27.3 Å². The number of aliphatic hydroxyl groups excluding tert-OH is 1. The SMILES string of the molecule is COc1ccc(O[C@@H]2CCN(C(=O)CCc3ccc(F)c(F)c3)C[C@H]2O)cc1OC. The van der Waals surface area contributed by atoms with Gasteiger partial charge in [-0.15, -0.1) is 0 Å². The summed E-state index contributed by atoms with van der Waals surface area (Å²) in [5.74, 6) is -0.354. The number of hydrogen-bond acceptors (Lipinski definition) is 5. The number of carbonyl (C=O) groups is 1. The molecular weight excluding hydrogens is 396 g/mol. The summed E-state index contributed by atoms with van der Waals surface area (Å²) in [6.07, 6.45) is -0.392. The molecule has 0 bridgehead atoms. The minimum atomic E-state index is -0.927. The van der Waals surface area contributed by atoms with E-state index in [0.29, 0.717) is 42.2 Å². The minimum absolute atomic E-state index is 0.147. The van der Waals surface area contributed by atoms with E-state index in [2.05, 4.69) is 0 Å². The van der Waals surface area contributed by atoms with E-state index >= 15 is 0 Å². The summed E-state index contributed by atoms with van der Waals surface area (Å²) in [6.45, 7) is 0.584. The lowest BCUT2D eigenvalue weighted by Crippen LogP contribution is -2.51. The summed E-state index contributed by atoms with van der Waals surface area (Å²) in [5.41, 5.74) is 0.550. The molecular formula is C22H25F2NO5. The van der Waals surface area contributed by atoms with Crippen LogP contribution in [0.25, 0.3) is 0 Å². The Morgan fingerprint density at radius 3 is 2.53 bits per heavy atom. The fourth-order valence-electron chi connectivity index (χ4n) is 3.44. The Balaban J connectivity index is 1.53. The number of aryl methyl sites for hydroxylation is 1. The first-order chi connectivity index (χ1) is 14.4. The quantitative estimate of drug-likeness (QED) is 0.745. The standard InChI is InChI=1S/C22H25F2NO5/c1-28-20-7-5-15(12-21(20)29-2)30-19-9-10-25(13-18(19)26)22(27)8-4-14-3-6-16(23)17(24)11-14/h3,5-7,11-12,18-19,26H,4,8-10,13H2,1-2H3/t18-,19-/m1/s1. The van der Waals surface area contributed by atoms with Crippen LogP contribution in [0.15, 0.2) is 36.4 Å². The van der Waals surface area contributed by atoms with Crippen LogP contribution < -0.4 is 14.2 Å². The molecule has 6 nitrogen and oxygen atoms in total. The van der Waals surface area contributed by atoms with Gasteiger partial charge in [0, 0.05) is 25.5 Å². The van der Waals surface area contributed by atoms with Crippen molar-refractivity contribution >= 4 is 5.91 Å². The number of methoxy groups -OCH3 is 2. The number of aliphatic hydroxyl groups is 1. The number of amides is 1. The van der Waals surface area contributed by atoms with Gasteiger partial charge < -0.3 is 24.2 Å². The van der Waals surface area contributed by atoms with Crippen LogP contribution in [0, 0.1) is 11.6 Å². The van der Waals surface area contributed by atoms with Gasteiger partial charge >= 0.3 is 0 Å². The number of halogens is 2. The molecule has 0 aromatic heterocycles. The number of carbonyl (C=O) groups excluding carboxylic acids is 1. The van der Waals surface area contributed by atoms with E-state index in [1.807, 2.05) is 0 Å². The van der Waals surface area contributed by atoms with Crippen LogP contribution in [-0.2, 0) is 11.2 Å². The zero-order chi connectivity index (χ0) is 21.7. The molecule has 2 aromatic carbocycles. The van der Waals surface area contributed by atoms with Crippen molar-refractivity contribution in [1.29, 1.82) is 0 Å². The Morgan fingerprint density at radius 2 is 1.87 bits per heavy atom. The van der Waals surface area contributed by atoms with Crippen molar-refractivity contribution in [3.05, 3.63) is 53.6 Å². The molecule has 1 aliphatic rings. The predicted octanol–water partition coefficient (Wildman–Crippen LogP) is 2.96. The summed E-state index contributed by atoms with van der Waals surface area (Å²) < 4.78 is 42.6. The highest BCUT2D eigenvalue weighted by Gasteiger charge is 2.31. The molecule has 1 heterocycles. The van der Waals surface area contributed by atoms with Crippen molar-refractivity contribution in [1.82, 2.24) is 4.90 Å². The summed E-state index contributed by atoms with van der Waals surface area (Å²) >= 11 is 0. The Bertz CT molecular complexity index is 892. The van der Waals surface area contributed by atoms with Crippen molar-refractivity contribution in [3.63, 3.8) is 0 Å². The number of nitrogens with zero attached hydrogens (tertiary/aromatic N) is 1. The van der Waals surface area contributed by atoms with Crippen molar-refractivity contribution in [2.24, 2.45) is 0 Å². The third-order valence-electron chi connectivity index (χ3n) is 5.13. The summed E-state index contributed by atoms with van der Waals surface area (Å²) in [7, 11) is 3.07. The molecule has 30 heavy (non-hydrogen) atoms. The van der Waals surface area contributed by atoms with Crippen molar-refractivity contribution in [2.45, 2.75) is 31.5 Å². The van der Waals surface area contributed by atoms with Gasteiger partial charge in [0.2, 0.25) is 5.91 Å². The Hall–Kier alpha value is -2.87. The second kappa shape index (κ2) is 9.75. The van der Waals surface area contributed by atoms with Crippen LogP contribution in [0.3, 0.4) is 0 Å². The molecule has 2 atom stereocenters. The predicted molar refractivity (Wildman–Crippen MR) is 106 cm³/mol. The normalized spacial score (nSPS) is 18.8. The highest BCUT2D eigenvalue weighted by Crippen LogP contribution is 2.32. The zero-order valence-electron chi connectivity index (χ0n) is 16.9.